The summed E-state index contributed by atoms with van der Waals surface area (Å²) in [6, 6.07) is 16.7. The highest BCUT2D eigenvalue weighted by atomic mass is 32.1. The molecule has 0 unspecified atom stereocenters. The average molecular weight is 351 g/mol. The van der Waals surface area contributed by atoms with E-state index in [1.54, 1.807) is 24.3 Å². The quantitative estimate of drug-likeness (QED) is 0.735. The molecule has 0 fully saturated rings. The summed E-state index contributed by atoms with van der Waals surface area (Å²) >= 11 is 1.49. The molecule has 2 aromatic carbocycles. The van der Waals surface area contributed by atoms with Crippen LogP contribution in [0.2, 0.25) is 0 Å². The van der Waals surface area contributed by atoms with Gasteiger partial charge < -0.3 is 10.6 Å². The highest BCUT2D eigenvalue weighted by molar-refractivity contribution is 7.15. The molecule has 0 aliphatic heterocycles. The molecule has 0 saturated carbocycles. The predicted molar refractivity (Wildman–Crippen MR) is 101 cm³/mol. The summed E-state index contributed by atoms with van der Waals surface area (Å²) in [7, 11) is 0. The summed E-state index contributed by atoms with van der Waals surface area (Å²) in [4.78, 5) is 29.1. The van der Waals surface area contributed by atoms with Crippen molar-refractivity contribution in [1.82, 2.24) is 4.98 Å². The van der Waals surface area contributed by atoms with Crippen LogP contribution in [0.1, 0.15) is 22.4 Å². The normalized spacial score (nSPS) is 10.3. The topological polar surface area (TPSA) is 71.1 Å². The van der Waals surface area contributed by atoms with Crippen LogP contribution in [0.15, 0.2) is 54.6 Å². The van der Waals surface area contributed by atoms with Crippen molar-refractivity contribution in [2.24, 2.45) is 0 Å². The Bertz CT molecular complexity index is 919. The second-order valence-electron chi connectivity index (χ2n) is 5.49. The zero-order chi connectivity index (χ0) is 17.8. The molecule has 3 rings (SSSR count). The number of benzene rings is 2. The molecular formula is C19H17N3O2S. The first-order valence-corrected chi connectivity index (χ1v) is 8.56. The summed E-state index contributed by atoms with van der Waals surface area (Å²) in [5.41, 5.74) is 2.59. The first-order chi connectivity index (χ1) is 12.0. The predicted octanol–water partition coefficient (Wildman–Crippen LogP) is 4.33. The molecule has 6 heteroatoms. The van der Waals surface area contributed by atoms with E-state index in [0.29, 0.717) is 17.1 Å². The summed E-state index contributed by atoms with van der Waals surface area (Å²) in [5.74, 6) is -0.437. The molecule has 0 radical (unpaired) electrons. The Morgan fingerprint density at radius 1 is 0.960 bits per heavy atom. The lowest BCUT2D eigenvalue weighted by molar-refractivity contribution is -0.114. The van der Waals surface area contributed by atoms with E-state index in [1.807, 2.05) is 37.3 Å². The molecule has 2 amide bonds. The van der Waals surface area contributed by atoms with E-state index in [2.05, 4.69) is 15.6 Å². The maximum absolute atomic E-state index is 12.7. The second kappa shape index (κ2) is 7.27. The lowest BCUT2D eigenvalue weighted by Crippen LogP contribution is -2.14. The summed E-state index contributed by atoms with van der Waals surface area (Å²) in [5, 5.41) is 6.37. The van der Waals surface area contributed by atoms with Gasteiger partial charge in [0.25, 0.3) is 5.91 Å². The number of aryl methyl sites for hydroxylation is 1. The Balaban J connectivity index is 1.86. The van der Waals surface area contributed by atoms with E-state index in [1.165, 1.54) is 18.3 Å². The number of nitrogens with one attached hydrogen (secondary N) is 2. The fourth-order valence-electron chi connectivity index (χ4n) is 2.43. The number of amides is 2. The van der Waals surface area contributed by atoms with E-state index >= 15 is 0 Å². The number of rotatable bonds is 4. The summed E-state index contributed by atoms with van der Waals surface area (Å²) in [6.07, 6.45) is 0. The number of carbonyl (C=O) groups excluding carboxylic acids is 2. The summed E-state index contributed by atoms with van der Waals surface area (Å²) in [6.45, 7) is 3.32. The Morgan fingerprint density at radius 2 is 1.64 bits per heavy atom. The monoisotopic (exact) mass is 351 g/mol. The van der Waals surface area contributed by atoms with Gasteiger partial charge in [0, 0.05) is 18.3 Å². The molecule has 0 spiro atoms. The fraction of sp³-hybridized carbons (Fsp3) is 0.105. The average Bonchev–Trinajstić information content (AvgIpc) is 2.97. The van der Waals surface area contributed by atoms with Crippen molar-refractivity contribution in [1.29, 1.82) is 0 Å². The van der Waals surface area contributed by atoms with Gasteiger partial charge in [-0.1, -0.05) is 36.4 Å². The first kappa shape index (κ1) is 16.9. The van der Waals surface area contributed by atoms with E-state index in [-0.39, 0.29) is 11.8 Å². The van der Waals surface area contributed by atoms with Crippen LogP contribution >= 0.6 is 11.3 Å². The smallest absolute Gasteiger partial charge is 0.275 e. The maximum Gasteiger partial charge on any atom is 0.275 e. The highest BCUT2D eigenvalue weighted by Gasteiger charge is 2.18. The van der Waals surface area contributed by atoms with Gasteiger partial charge in [-0.25, -0.2) is 4.98 Å². The van der Waals surface area contributed by atoms with Crippen LogP contribution in [0.3, 0.4) is 0 Å². The number of nitrogens with zero attached hydrogens (tertiary/aromatic N) is 1. The molecule has 5 nitrogen and oxygen atoms in total. The molecule has 0 bridgehead atoms. The van der Waals surface area contributed by atoms with Crippen LogP contribution in [0.25, 0.3) is 10.4 Å². The van der Waals surface area contributed by atoms with Crippen molar-refractivity contribution >= 4 is 34.5 Å². The van der Waals surface area contributed by atoms with Crippen molar-refractivity contribution < 1.29 is 9.59 Å². The number of carbonyl (C=O) groups is 2. The number of aromatic nitrogens is 1. The Morgan fingerprint density at radius 3 is 2.32 bits per heavy atom. The van der Waals surface area contributed by atoms with E-state index in [9.17, 15) is 9.59 Å². The zero-order valence-corrected chi connectivity index (χ0v) is 14.7. The minimum atomic E-state index is -0.275. The summed E-state index contributed by atoms with van der Waals surface area (Å²) < 4.78 is 0. The molecule has 3 aromatic rings. The lowest BCUT2D eigenvalue weighted by atomic mass is 10.1. The minimum Gasteiger partial charge on any atom is -0.326 e. The van der Waals surface area contributed by atoms with Crippen molar-refractivity contribution in [3.63, 3.8) is 0 Å². The molecule has 0 aliphatic rings. The van der Waals surface area contributed by atoms with Gasteiger partial charge in [-0.2, -0.15) is 0 Å². The molecule has 1 heterocycles. The van der Waals surface area contributed by atoms with Gasteiger partial charge in [0.15, 0.2) is 0 Å². The van der Waals surface area contributed by atoms with Crippen molar-refractivity contribution in [2.45, 2.75) is 13.8 Å². The Hall–Kier alpha value is -2.99. The van der Waals surface area contributed by atoms with Crippen LogP contribution in [-0.4, -0.2) is 16.8 Å². The molecule has 0 atom stereocenters. The van der Waals surface area contributed by atoms with Gasteiger partial charge in [0.2, 0.25) is 5.91 Å². The molecule has 0 saturated heterocycles. The number of thiazole rings is 1. The van der Waals surface area contributed by atoms with E-state index < -0.39 is 0 Å². The Labute approximate surface area is 149 Å². The standard InChI is InChI=1S/C19H17N3O2S/c1-12(23)20-15-9-6-10-16(11-15)22-19(24)17-18(25-13(2)21-17)14-7-4-3-5-8-14/h3-11H,1-2H3,(H,20,23)(H,22,24). The largest absolute Gasteiger partial charge is 0.326 e. The van der Waals surface area contributed by atoms with Crippen LogP contribution in [0.4, 0.5) is 11.4 Å². The van der Waals surface area contributed by atoms with Gasteiger partial charge in [-0.05, 0) is 30.7 Å². The number of anilines is 2. The zero-order valence-electron chi connectivity index (χ0n) is 13.9. The van der Waals surface area contributed by atoms with Gasteiger partial charge >= 0.3 is 0 Å². The van der Waals surface area contributed by atoms with Gasteiger partial charge in [0.05, 0.1) is 9.88 Å². The molecule has 0 aliphatic carbocycles. The third-order valence-corrected chi connectivity index (χ3v) is 4.45. The maximum atomic E-state index is 12.7. The second-order valence-corrected chi connectivity index (χ2v) is 6.70. The molecule has 126 valence electrons. The van der Waals surface area contributed by atoms with Crippen LogP contribution in [0, 0.1) is 6.92 Å². The molecular weight excluding hydrogens is 334 g/mol. The lowest BCUT2D eigenvalue weighted by Gasteiger charge is -2.08. The molecule has 1 aromatic heterocycles. The third-order valence-electron chi connectivity index (χ3n) is 3.43. The highest BCUT2D eigenvalue weighted by Crippen LogP contribution is 2.30. The number of hydrogen-bond donors (Lipinski definition) is 2. The minimum absolute atomic E-state index is 0.162. The fourth-order valence-corrected chi connectivity index (χ4v) is 3.36. The molecule has 25 heavy (non-hydrogen) atoms. The van der Waals surface area contributed by atoms with Crippen LogP contribution < -0.4 is 10.6 Å². The van der Waals surface area contributed by atoms with Crippen molar-refractivity contribution in [3.8, 4) is 10.4 Å². The number of hydrogen-bond acceptors (Lipinski definition) is 4. The van der Waals surface area contributed by atoms with Crippen LogP contribution in [0.5, 0.6) is 0 Å². The van der Waals surface area contributed by atoms with Crippen molar-refractivity contribution in [3.05, 3.63) is 65.3 Å². The van der Waals surface area contributed by atoms with E-state index in [4.69, 9.17) is 0 Å². The third kappa shape index (κ3) is 4.10. The van der Waals surface area contributed by atoms with E-state index in [0.717, 1.165) is 15.4 Å². The van der Waals surface area contributed by atoms with Crippen LogP contribution in [-0.2, 0) is 4.79 Å². The first-order valence-electron chi connectivity index (χ1n) is 7.75. The molecule has 2 N–H and O–H groups in total. The van der Waals surface area contributed by atoms with Gasteiger partial charge in [-0.3, -0.25) is 9.59 Å². The van der Waals surface area contributed by atoms with Gasteiger partial charge in [0.1, 0.15) is 5.69 Å². The van der Waals surface area contributed by atoms with Crippen molar-refractivity contribution in [2.75, 3.05) is 10.6 Å². The Kier molecular flexibility index (Phi) is 4.90. The SMILES string of the molecule is CC(=O)Nc1cccc(NC(=O)c2nc(C)sc2-c2ccccc2)c1. The van der Waals surface area contributed by atoms with Gasteiger partial charge in [-0.15, -0.1) is 11.3 Å².